The van der Waals surface area contributed by atoms with Gasteiger partial charge in [0.2, 0.25) is 0 Å². The molecule has 0 N–H and O–H groups in total. The fourth-order valence-corrected chi connectivity index (χ4v) is 10.3. The molecule has 0 unspecified atom stereocenters. The second-order valence-electron chi connectivity index (χ2n) is 10.7. The highest BCUT2D eigenvalue weighted by atomic mass is 31.2. The topological polar surface area (TPSA) is 63.7 Å². The van der Waals surface area contributed by atoms with Crippen LogP contribution in [-0.2, 0) is 6.54 Å². The third kappa shape index (κ3) is 3.88. The first-order chi connectivity index (χ1) is 17.2. The van der Waals surface area contributed by atoms with Gasteiger partial charge in [-0.15, -0.1) is 0 Å². The van der Waals surface area contributed by atoms with Gasteiger partial charge in [0, 0.05) is 64.0 Å². The number of rotatable bonds is 5. The Morgan fingerprint density at radius 1 is 0.972 bits per heavy atom. The zero-order valence-corrected chi connectivity index (χ0v) is 22.8. The van der Waals surface area contributed by atoms with Gasteiger partial charge < -0.3 is 4.57 Å². The molecule has 36 heavy (non-hydrogen) atoms. The molecule has 1 aliphatic rings. The minimum atomic E-state index is -2.33. The minimum absolute atomic E-state index is 0.0919. The van der Waals surface area contributed by atoms with Gasteiger partial charge in [-0.25, -0.2) is 4.74 Å². The average molecular weight is 503 g/mol. The summed E-state index contributed by atoms with van der Waals surface area (Å²) in [6.07, 6.45) is 2.30. The number of nitro benzene ring substituents is 1. The van der Waals surface area contributed by atoms with Gasteiger partial charge in [-0.05, 0) is 56.5 Å². The van der Waals surface area contributed by atoms with E-state index in [0.717, 1.165) is 43.7 Å². The molecule has 0 saturated carbocycles. The van der Waals surface area contributed by atoms with Crippen molar-refractivity contribution < 1.29 is 4.92 Å². The third-order valence-corrected chi connectivity index (χ3v) is 12.1. The highest BCUT2D eigenvalue weighted by molar-refractivity contribution is 7.73. The number of para-hydroxylation sites is 1. The average Bonchev–Trinajstić information content (AvgIpc) is 3.49. The number of aromatic nitrogens is 1. The highest BCUT2D eigenvalue weighted by Gasteiger charge is 2.42. The lowest BCUT2D eigenvalue weighted by Gasteiger charge is -2.44. The molecule has 0 bridgehead atoms. The lowest BCUT2D eigenvalue weighted by atomic mass is 10.1. The van der Waals surface area contributed by atoms with Gasteiger partial charge in [-0.2, -0.15) is 0 Å². The van der Waals surface area contributed by atoms with E-state index in [4.69, 9.17) is 4.74 Å². The molecule has 2 heterocycles. The van der Waals surface area contributed by atoms with Crippen molar-refractivity contribution in [2.45, 2.75) is 59.2 Å². The number of hydrogen-bond acceptors (Lipinski definition) is 3. The summed E-state index contributed by atoms with van der Waals surface area (Å²) in [5.74, 6) is 0. The Kier molecular flexibility index (Phi) is 6.30. The molecule has 7 heteroatoms. The molecule has 0 aliphatic carbocycles. The fourth-order valence-electron chi connectivity index (χ4n) is 5.79. The van der Waals surface area contributed by atoms with Gasteiger partial charge in [0.05, 0.1) is 17.8 Å². The Morgan fingerprint density at radius 2 is 1.67 bits per heavy atom. The van der Waals surface area contributed by atoms with Crippen molar-refractivity contribution in [3.8, 4) is 0 Å². The van der Waals surface area contributed by atoms with Crippen molar-refractivity contribution in [1.29, 1.82) is 0 Å². The summed E-state index contributed by atoms with van der Waals surface area (Å²) in [7, 11) is -2.33. The van der Waals surface area contributed by atoms with Crippen molar-refractivity contribution in [1.82, 2.24) is 9.24 Å². The number of fused-ring (bicyclic) bond motifs is 3. The van der Waals surface area contributed by atoms with Crippen LogP contribution in [0.2, 0.25) is 0 Å². The molecule has 1 aliphatic heterocycles. The third-order valence-electron chi connectivity index (χ3n) is 7.52. The van der Waals surface area contributed by atoms with Crippen LogP contribution in [0.3, 0.4) is 0 Å². The number of benzene rings is 3. The Hall–Kier alpha value is -2.95. The Bertz CT molecular complexity index is 1520. The molecule has 0 amide bonds. The maximum absolute atomic E-state index is 11.6. The summed E-state index contributed by atoms with van der Waals surface area (Å²) in [6, 6.07) is 20.6. The Balaban J connectivity index is 1.88. The Morgan fingerprint density at radius 3 is 2.33 bits per heavy atom. The maximum atomic E-state index is 11.6. The smallest absolute Gasteiger partial charge is 0.271 e. The molecule has 0 radical (unpaired) electrons. The second kappa shape index (κ2) is 9.17. The van der Waals surface area contributed by atoms with Crippen molar-refractivity contribution >= 4 is 45.7 Å². The van der Waals surface area contributed by atoms with E-state index in [1.54, 1.807) is 12.1 Å². The lowest BCUT2D eigenvalue weighted by Crippen LogP contribution is -2.35. The van der Waals surface area contributed by atoms with Gasteiger partial charge in [-0.3, -0.25) is 14.8 Å². The van der Waals surface area contributed by atoms with Crippen LogP contribution in [0.1, 0.15) is 46.1 Å². The quantitative estimate of drug-likeness (QED) is 0.158. The summed E-state index contributed by atoms with van der Waals surface area (Å²) >= 11 is 0. The number of non-ortho nitro benzene ring substituents is 1. The van der Waals surface area contributed by atoms with Crippen molar-refractivity contribution in [2.24, 2.45) is 4.74 Å². The predicted octanol–water partition coefficient (Wildman–Crippen LogP) is 8.00. The van der Waals surface area contributed by atoms with E-state index < -0.39 is 7.21 Å². The first kappa shape index (κ1) is 24.7. The van der Waals surface area contributed by atoms with E-state index >= 15 is 0 Å². The van der Waals surface area contributed by atoms with Crippen LogP contribution >= 0.6 is 7.21 Å². The predicted molar refractivity (Wildman–Crippen MR) is 152 cm³/mol. The van der Waals surface area contributed by atoms with Crippen LogP contribution in [0, 0.1) is 17.0 Å². The van der Waals surface area contributed by atoms with Crippen LogP contribution in [0.5, 0.6) is 0 Å². The number of nitro groups is 1. The zero-order chi connectivity index (χ0) is 25.7. The molecular weight excluding hydrogens is 467 g/mol. The van der Waals surface area contributed by atoms with Crippen molar-refractivity contribution in [2.75, 3.05) is 13.1 Å². The molecule has 1 fully saturated rings. The number of hydrogen-bond donors (Lipinski definition) is 0. The Labute approximate surface area is 213 Å². The zero-order valence-electron chi connectivity index (χ0n) is 21.9. The van der Waals surface area contributed by atoms with E-state index in [1.165, 1.54) is 27.1 Å². The summed E-state index contributed by atoms with van der Waals surface area (Å²) in [4.78, 5) is 11.3. The number of aryl methyl sites for hydroxylation is 2. The van der Waals surface area contributed by atoms with Crippen molar-refractivity contribution in [3.05, 3.63) is 76.3 Å². The molecular formula is C29H35N4O2P. The first-order valence-corrected chi connectivity index (χ1v) is 14.5. The number of nitrogens with zero attached hydrogens (tertiary/aromatic N) is 4. The second-order valence-corrected chi connectivity index (χ2v) is 14.5. The minimum Gasteiger partial charge on any atom is -0.341 e. The van der Waals surface area contributed by atoms with Crippen LogP contribution in [-0.4, -0.2) is 32.4 Å². The maximum Gasteiger partial charge on any atom is 0.271 e. The van der Waals surface area contributed by atoms with Gasteiger partial charge in [0.15, 0.2) is 0 Å². The molecule has 188 valence electrons. The highest BCUT2D eigenvalue weighted by Crippen LogP contribution is 2.65. The fraction of sp³-hybridized carbons (Fsp3) is 0.379. The molecule has 5 rings (SSSR count). The van der Waals surface area contributed by atoms with Gasteiger partial charge >= 0.3 is 0 Å². The summed E-state index contributed by atoms with van der Waals surface area (Å²) in [5, 5.41) is 15.2. The molecule has 0 spiro atoms. The van der Waals surface area contributed by atoms with Gasteiger partial charge in [0.25, 0.3) is 5.69 Å². The largest absolute Gasteiger partial charge is 0.341 e. The SMILES string of the molecule is CCn1c2ccccc2c2cc([P@](=Nc3cc([N+](=O)[O-])ccc3C)(N3CCCC3)C(C)(C)C)ccc21. The van der Waals surface area contributed by atoms with Crippen LogP contribution in [0.15, 0.2) is 65.4 Å². The van der Waals surface area contributed by atoms with Crippen LogP contribution in [0.25, 0.3) is 21.8 Å². The van der Waals surface area contributed by atoms with E-state index in [1.807, 2.05) is 13.0 Å². The van der Waals surface area contributed by atoms with E-state index in [2.05, 4.69) is 79.4 Å². The molecule has 1 atom stereocenters. The van der Waals surface area contributed by atoms with E-state index in [0.29, 0.717) is 0 Å². The van der Waals surface area contributed by atoms with Gasteiger partial charge in [0.1, 0.15) is 0 Å². The summed E-state index contributed by atoms with van der Waals surface area (Å²) < 4.78 is 10.6. The first-order valence-electron chi connectivity index (χ1n) is 12.8. The van der Waals surface area contributed by atoms with Crippen molar-refractivity contribution in [3.63, 3.8) is 0 Å². The van der Waals surface area contributed by atoms with Crippen LogP contribution in [0.4, 0.5) is 11.4 Å². The van der Waals surface area contributed by atoms with E-state index in [-0.39, 0.29) is 15.8 Å². The summed E-state index contributed by atoms with van der Waals surface area (Å²) in [6.45, 7) is 14.0. The lowest BCUT2D eigenvalue weighted by molar-refractivity contribution is -0.384. The standard InChI is InChI=1S/C29H35N4O2P/c1-6-32-27-12-8-7-11-24(27)25-20-23(15-16-28(25)32)36(29(3,4)5,31-17-9-10-18-31)30-26-19-22(33(34)35)14-13-21(26)2/h7-8,11-16,19-20H,6,9-10,17-18H2,1-5H3/t36-/m0/s1. The van der Waals surface area contributed by atoms with Crippen LogP contribution < -0.4 is 5.30 Å². The van der Waals surface area contributed by atoms with E-state index in [9.17, 15) is 10.1 Å². The van der Waals surface area contributed by atoms with Gasteiger partial charge in [-0.1, -0.05) is 45.0 Å². The monoisotopic (exact) mass is 502 g/mol. The molecule has 4 aromatic rings. The molecule has 3 aromatic carbocycles. The summed E-state index contributed by atoms with van der Waals surface area (Å²) in [5.41, 5.74) is 4.28. The molecule has 1 aromatic heterocycles. The molecule has 6 nitrogen and oxygen atoms in total. The normalized spacial score (nSPS) is 16.5. The molecule has 1 saturated heterocycles.